The molecule has 6 heteroatoms. The highest BCUT2D eigenvalue weighted by molar-refractivity contribution is 5.96. The van der Waals surface area contributed by atoms with Crippen LogP contribution >= 0.6 is 0 Å². The van der Waals surface area contributed by atoms with Crippen LogP contribution in [0.3, 0.4) is 0 Å². The normalized spacial score (nSPS) is 9.75. The molecule has 2 amide bonds. The van der Waals surface area contributed by atoms with Gasteiger partial charge in [0.15, 0.2) is 0 Å². The number of hydrogen-bond donors (Lipinski definition) is 3. The largest absolute Gasteiger partial charge is 0.480 e. The lowest BCUT2D eigenvalue weighted by Gasteiger charge is -2.03. The van der Waals surface area contributed by atoms with Gasteiger partial charge in [-0.1, -0.05) is 44.1 Å². The van der Waals surface area contributed by atoms with Crippen molar-refractivity contribution in [3.05, 3.63) is 41.5 Å². The van der Waals surface area contributed by atoms with E-state index in [0.717, 1.165) is 31.4 Å². The summed E-state index contributed by atoms with van der Waals surface area (Å²) in [6.07, 6.45) is 8.06. The van der Waals surface area contributed by atoms with Crippen LogP contribution in [0.2, 0.25) is 0 Å². The molecule has 0 aliphatic heterocycles. The average Bonchev–Trinajstić information content (AvgIpc) is 2.58. The van der Waals surface area contributed by atoms with Gasteiger partial charge in [-0.15, -0.1) is 0 Å². The third-order valence-corrected chi connectivity index (χ3v) is 2.87. The van der Waals surface area contributed by atoms with E-state index in [-0.39, 0.29) is 12.5 Å². The third kappa shape index (κ3) is 11.0. The number of carboxylic acids is 1. The van der Waals surface area contributed by atoms with Gasteiger partial charge >= 0.3 is 5.97 Å². The fraction of sp³-hybridized carbons (Fsp3) is 0.389. The summed E-state index contributed by atoms with van der Waals surface area (Å²) in [5.74, 6) is -1.42. The van der Waals surface area contributed by atoms with Gasteiger partial charge in [-0.2, -0.15) is 0 Å². The van der Waals surface area contributed by atoms with Crippen molar-refractivity contribution in [2.75, 3.05) is 13.1 Å². The number of allylic oxidation sites excluding steroid dienone is 1. The molecule has 1 aromatic carbocycles. The highest BCUT2D eigenvalue weighted by Gasteiger charge is 2.06. The van der Waals surface area contributed by atoms with E-state index in [1.807, 2.05) is 19.1 Å². The maximum Gasteiger partial charge on any atom is 0.322 e. The number of benzene rings is 1. The topological polar surface area (TPSA) is 95.5 Å². The molecule has 0 saturated carbocycles. The Labute approximate surface area is 143 Å². The van der Waals surface area contributed by atoms with Gasteiger partial charge in [0.2, 0.25) is 6.41 Å². The summed E-state index contributed by atoms with van der Waals surface area (Å²) >= 11 is 0. The van der Waals surface area contributed by atoms with Gasteiger partial charge < -0.3 is 15.7 Å². The maximum absolute atomic E-state index is 11.7. The summed E-state index contributed by atoms with van der Waals surface area (Å²) < 4.78 is 0. The van der Waals surface area contributed by atoms with Crippen molar-refractivity contribution in [2.24, 2.45) is 0 Å². The van der Waals surface area contributed by atoms with Crippen LogP contribution < -0.4 is 10.6 Å². The van der Waals surface area contributed by atoms with Crippen molar-refractivity contribution < 1.29 is 19.5 Å². The minimum absolute atomic E-state index is 0.366. The fourth-order valence-electron chi connectivity index (χ4n) is 1.67. The second-order valence-electron chi connectivity index (χ2n) is 4.92. The zero-order chi connectivity index (χ0) is 18.2. The molecule has 1 rings (SSSR count). The van der Waals surface area contributed by atoms with E-state index in [4.69, 9.17) is 5.11 Å². The Morgan fingerprint density at radius 3 is 2.54 bits per heavy atom. The summed E-state index contributed by atoms with van der Waals surface area (Å²) in [6, 6.07) is 7.12. The molecule has 24 heavy (non-hydrogen) atoms. The highest BCUT2D eigenvalue weighted by Crippen LogP contribution is 2.08. The standard InChI is InChI=1S/C15H19NO3.C3H7NO/c1-2-3-4-5-7-12-8-6-9-13(10-12)15(19)16-11-14(17)18;1-2-4-3-5/h5-10H,2-4,11H2,1H3,(H,16,19)(H,17,18);3H,2H2,1H3,(H,4,5)/b7-5-;. The predicted molar refractivity (Wildman–Crippen MR) is 94.7 cm³/mol. The molecule has 3 N–H and O–H groups in total. The molecule has 0 spiro atoms. The number of unbranched alkanes of at least 4 members (excludes halogenated alkanes) is 2. The maximum atomic E-state index is 11.7. The number of carbonyl (C=O) groups is 3. The van der Waals surface area contributed by atoms with Crippen molar-refractivity contribution in [3.63, 3.8) is 0 Å². The molecular weight excluding hydrogens is 308 g/mol. The van der Waals surface area contributed by atoms with Gasteiger partial charge in [0, 0.05) is 12.1 Å². The first kappa shape index (κ1) is 21.4. The predicted octanol–water partition coefficient (Wildman–Crippen LogP) is 2.46. The molecule has 0 heterocycles. The zero-order valence-corrected chi connectivity index (χ0v) is 14.2. The van der Waals surface area contributed by atoms with E-state index in [2.05, 4.69) is 23.6 Å². The Balaban J connectivity index is 0.000000922. The van der Waals surface area contributed by atoms with Crippen LogP contribution in [-0.2, 0) is 9.59 Å². The SMILES string of the molecule is CCCC/C=C\c1cccc(C(=O)NCC(=O)O)c1.CCNC=O. The highest BCUT2D eigenvalue weighted by atomic mass is 16.4. The smallest absolute Gasteiger partial charge is 0.322 e. The second kappa shape index (κ2) is 14.0. The quantitative estimate of drug-likeness (QED) is 0.477. The molecule has 6 nitrogen and oxygen atoms in total. The van der Waals surface area contributed by atoms with Crippen molar-refractivity contribution in [1.82, 2.24) is 10.6 Å². The second-order valence-corrected chi connectivity index (χ2v) is 4.92. The van der Waals surface area contributed by atoms with E-state index in [0.29, 0.717) is 12.0 Å². The van der Waals surface area contributed by atoms with Gasteiger partial charge in [-0.05, 0) is 31.0 Å². The Morgan fingerprint density at radius 2 is 2.00 bits per heavy atom. The van der Waals surface area contributed by atoms with Crippen LogP contribution in [0.1, 0.15) is 49.0 Å². The van der Waals surface area contributed by atoms with E-state index >= 15 is 0 Å². The zero-order valence-electron chi connectivity index (χ0n) is 14.2. The summed E-state index contributed by atoms with van der Waals surface area (Å²) in [7, 11) is 0. The number of nitrogens with one attached hydrogen (secondary N) is 2. The number of carbonyl (C=O) groups excluding carboxylic acids is 2. The number of hydrogen-bond acceptors (Lipinski definition) is 3. The first-order chi connectivity index (χ1) is 11.5. The minimum atomic E-state index is -1.05. The van der Waals surface area contributed by atoms with Crippen LogP contribution in [0.15, 0.2) is 30.3 Å². The molecule has 0 fully saturated rings. The van der Waals surface area contributed by atoms with Crippen LogP contribution in [-0.4, -0.2) is 36.5 Å². The first-order valence-electron chi connectivity index (χ1n) is 7.98. The van der Waals surface area contributed by atoms with E-state index in [1.165, 1.54) is 0 Å². The van der Waals surface area contributed by atoms with Gasteiger partial charge in [0.05, 0.1) is 0 Å². The fourth-order valence-corrected chi connectivity index (χ4v) is 1.67. The molecule has 0 unspecified atom stereocenters. The summed E-state index contributed by atoms with van der Waals surface area (Å²) in [4.78, 5) is 31.4. The third-order valence-electron chi connectivity index (χ3n) is 2.87. The minimum Gasteiger partial charge on any atom is -0.480 e. The Hall–Kier alpha value is -2.63. The van der Waals surface area contributed by atoms with Crippen molar-refractivity contribution in [1.29, 1.82) is 0 Å². The van der Waals surface area contributed by atoms with Crippen LogP contribution in [0.4, 0.5) is 0 Å². The molecule has 0 aromatic heterocycles. The Kier molecular flexibility index (Phi) is 12.5. The molecule has 0 aliphatic carbocycles. The molecule has 0 saturated heterocycles. The molecule has 0 aliphatic rings. The summed E-state index contributed by atoms with van der Waals surface area (Å²) in [6.45, 7) is 4.37. The first-order valence-corrected chi connectivity index (χ1v) is 7.98. The van der Waals surface area contributed by atoms with Crippen molar-refractivity contribution in [3.8, 4) is 0 Å². The molecule has 1 aromatic rings. The lowest BCUT2D eigenvalue weighted by molar-refractivity contribution is -0.135. The monoisotopic (exact) mass is 334 g/mol. The van der Waals surface area contributed by atoms with E-state index in [1.54, 1.807) is 18.2 Å². The molecule has 0 radical (unpaired) electrons. The van der Waals surface area contributed by atoms with Crippen LogP contribution in [0, 0.1) is 0 Å². The van der Waals surface area contributed by atoms with Crippen molar-refractivity contribution in [2.45, 2.75) is 33.1 Å². The van der Waals surface area contributed by atoms with E-state index < -0.39 is 5.97 Å². The molecule has 0 bridgehead atoms. The number of rotatable bonds is 9. The van der Waals surface area contributed by atoms with Crippen molar-refractivity contribution >= 4 is 24.4 Å². The lowest BCUT2D eigenvalue weighted by atomic mass is 10.1. The lowest BCUT2D eigenvalue weighted by Crippen LogP contribution is -2.29. The van der Waals surface area contributed by atoms with Crippen LogP contribution in [0.5, 0.6) is 0 Å². The summed E-state index contributed by atoms with van der Waals surface area (Å²) in [5.41, 5.74) is 1.41. The Morgan fingerprint density at radius 1 is 1.25 bits per heavy atom. The number of amides is 2. The molecular formula is C18H26N2O4. The van der Waals surface area contributed by atoms with Gasteiger partial charge in [0.25, 0.3) is 5.91 Å². The number of aliphatic carboxylic acids is 1. The van der Waals surface area contributed by atoms with E-state index in [9.17, 15) is 14.4 Å². The van der Waals surface area contributed by atoms with Gasteiger partial charge in [-0.3, -0.25) is 14.4 Å². The number of carboxylic acid groups (broad SMARTS) is 1. The average molecular weight is 334 g/mol. The molecule has 132 valence electrons. The summed E-state index contributed by atoms with van der Waals surface area (Å²) in [5, 5.41) is 13.3. The van der Waals surface area contributed by atoms with Crippen LogP contribution in [0.25, 0.3) is 6.08 Å². The van der Waals surface area contributed by atoms with Gasteiger partial charge in [-0.25, -0.2) is 0 Å². The molecule has 0 atom stereocenters. The Bertz CT molecular complexity index is 542. The van der Waals surface area contributed by atoms with Gasteiger partial charge in [0.1, 0.15) is 6.54 Å².